The van der Waals surface area contributed by atoms with Gasteiger partial charge in [0, 0.05) is 6.04 Å². The summed E-state index contributed by atoms with van der Waals surface area (Å²) < 4.78 is 10.9. The molecule has 19 heavy (non-hydrogen) atoms. The van der Waals surface area contributed by atoms with Gasteiger partial charge in [-0.3, -0.25) is 5.32 Å². The molecule has 1 aliphatic carbocycles. The highest BCUT2D eigenvalue weighted by Gasteiger charge is 2.36. The van der Waals surface area contributed by atoms with Crippen LogP contribution in [0.2, 0.25) is 0 Å². The lowest BCUT2D eigenvalue weighted by Crippen LogP contribution is -2.56. The Morgan fingerprint density at radius 3 is 2.63 bits per heavy atom. The van der Waals surface area contributed by atoms with E-state index in [-0.39, 0.29) is 18.1 Å². The largest absolute Gasteiger partial charge is 0.468 e. The van der Waals surface area contributed by atoms with E-state index < -0.39 is 5.54 Å². The lowest BCUT2D eigenvalue weighted by atomic mass is 9.88. The fourth-order valence-electron chi connectivity index (χ4n) is 2.84. The van der Waals surface area contributed by atoms with E-state index in [1.165, 1.54) is 20.0 Å². The maximum absolute atomic E-state index is 11.9. The molecule has 1 saturated carbocycles. The number of hydrogen-bond donors (Lipinski definition) is 1. The zero-order chi connectivity index (χ0) is 14.5. The first kappa shape index (κ1) is 16.4. The molecule has 112 valence electrons. The smallest absolute Gasteiger partial charge is 0.328 e. The van der Waals surface area contributed by atoms with Crippen LogP contribution in [-0.4, -0.2) is 37.4 Å². The van der Waals surface area contributed by atoms with E-state index in [0.29, 0.717) is 6.61 Å². The minimum Gasteiger partial charge on any atom is -0.468 e. The van der Waals surface area contributed by atoms with Gasteiger partial charge in [-0.1, -0.05) is 19.8 Å². The molecule has 1 rings (SSSR count). The average molecular weight is 271 g/mol. The summed E-state index contributed by atoms with van der Waals surface area (Å²) in [5, 5.41) is 3.26. The number of hydrogen-bond acceptors (Lipinski definition) is 4. The van der Waals surface area contributed by atoms with Gasteiger partial charge in [0.25, 0.3) is 0 Å². The zero-order valence-electron chi connectivity index (χ0n) is 13.0. The van der Waals surface area contributed by atoms with Gasteiger partial charge in [0.1, 0.15) is 5.54 Å². The van der Waals surface area contributed by atoms with Crippen molar-refractivity contribution in [1.29, 1.82) is 0 Å². The standard InChI is InChI=1S/C15H29NO3/c1-11(2)16-15(4,14(17)18-5)10-19-13-8-6-7-12(3)9-13/h11-13,16H,6-10H2,1-5H3. The number of ether oxygens (including phenoxy) is 2. The summed E-state index contributed by atoms with van der Waals surface area (Å²) in [4.78, 5) is 11.9. The molecule has 0 aromatic rings. The van der Waals surface area contributed by atoms with Gasteiger partial charge in [0.15, 0.2) is 0 Å². The molecule has 1 N–H and O–H groups in total. The second kappa shape index (κ2) is 7.25. The first-order chi connectivity index (χ1) is 8.87. The van der Waals surface area contributed by atoms with Gasteiger partial charge in [-0.05, 0) is 39.5 Å². The van der Waals surface area contributed by atoms with Crippen LogP contribution >= 0.6 is 0 Å². The SMILES string of the molecule is COC(=O)C(C)(COC1CCCC(C)C1)NC(C)C. The van der Waals surface area contributed by atoms with Crippen molar-refractivity contribution in [1.82, 2.24) is 5.32 Å². The fourth-order valence-corrected chi connectivity index (χ4v) is 2.84. The Kier molecular flexibility index (Phi) is 6.27. The first-order valence-corrected chi connectivity index (χ1v) is 7.35. The fraction of sp³-hybridized carbons (Fsp3) is 0.933. The number of nitrogens with one attached hydrogen (secondary N) is 1. The van der Waals surface area contributed by atoms with Crippen molar-refractivity contribution in [2.45, 2.75) is 71.1 Å². The maximum Gasteiger partial charge on any atom is 0.328 e. The molecule has 0 aromatic heterocycles. The maximum atomic E-state index is 11.9. The molecule has 0 heterocycles. The monoisotopic (exact) mass is 271 g/mol. The molecule has 4 nitrogen and oxygen atoms in total. The van der Waals surface area contributed by atoms with Crippen LogP contribution in [0.4, 0.5) is 0 Å². The van der Waals surface area contributed by atoms with E-state index in [0.717, 1.165) is 18.8 Å². The summed E-state index contributed by atoms with van der Waals surface area (Å²) >= 11 is 0. The number of rotatable bonds is 6. The van der Waals surface area contributed by atoms with E-state index in [2.05, 4.69) is 12.2 Å². The predicted octanol–water partition coefficient (Wildman–Crippen LogP) is 2.51. The lowest BCUT2D eigenvalue weighted by molar-refractivity contribution is -0.152. The lowest BCUT2D eigenvalue weighted by Gasteiger charge is -2.33. The van der Waals surface area contributed by atoms with Gasteiger partial charge in [-0.25, -0.2) is 4.79 Å². The molecule has 0 amide bonds. The Balaban J connectivity index is 2.55. The Bertz CT molecular complexity index is 293. The molecule has 0 aliphatic heterocycles. The van der Waals surface area contributed by atoms with Crippen LogP contribution in [0.1, 0.15) is 53.4 Å². The van der Waals surface area contributed by atoms with Crippen molar-refractivity contribution < 1.29 is 14.3 Å². The molecule has 0 radical (unpaired) electrons. The number of methoxy groups -OCH3 is 1. The van der Waals surface area contributed by atoms with Crippen LogP contribution in [0.25, 0.3) is 0 Å². The van der Waals surface area contributed by atoms with Gasteiger partial charge in [0.05, 0.1) is 19.8 Å². The summed E-state index contributed by atoms with van der Waals surface area (Å²) in [6, 6.07) is 0.206. The van der Waals surface area contributed by atoms with Gasteiger partial charge in [-0.2, -0.15) is 0 Å². The van der Waals surface area contributed by atoms with Gasteiger partial charge >= 0.3 is 5.97 Å². The molecule has 3 unspecified atom stereocenters. The molecule has 0 saturated heterocycles. The summed E-state index contributed by atoms with van der Waals surface area (Å²) in [5.74, 6) is 0.464. The second-order valence-electron chi connectivity index (χ2n) is 6.33. The van der Waals surface area contributed by atoms with Gasteiger partial charge in [0.2, 0.25) is 0 Å². The number of carbonyl (C=O) groups is 1. The summed E-state index contributed by atoms with van der Waals surface area (Å²) in [6.45, 7) is 8.52. The number of carbonyl (C=O) groups excluding carboxylic acids is 1. The average Bonchev–Trinajstić information content (AvgIpc) is 2.34. The van der Waals surface area contributed by atoms with Crippen molar-refractivity contribution >= 4 is 5.97 Å². The normalized spacial score (nSPS) is 27.1. The highest BCUT2D eigenvalue weighted by Crippen LogP contribution is 2.26. The summed E-state index contributed by atoms with van der Waals surface area (Å²) in [7, 11) is 1.42. The summed E-state index contributed by atoms with van der Waals surface area (Å²) in [6.07, 6.45) is 4.99. The van der Waals surface area contributed by atoms with Gasteiger partial charge in [-0.15, -0.1) is 0 Å². The third-order valence-electron chi connectivity index (χ3n) is 3.74. The van der Waals surface area contributed by atoms with E-state index in [1.54, 1.807) is 0 Å². The van der Waals surface area contributed by atoms with Crippen molar-refractivity contribution in [3.63, 3.8) is 0 Å². The van der Waals surface area contributed by atoms with Crippen LogP contribution < -0.4 is 5.32 Å². The first-order valence-electron chi connectivity index (χ1n) is 7.35. The Morgan fingerprint density at radius 2 is 2.11 bits per heavy atom. The molecule has 0 bridgehead atoms. The van der Waals surface area contributed by atoms with Crippen molar-refractivity contribution in [2.75, 3.05) is 13.7 Å². The van der Waals surface area contributed by atoms with Crippen molar-refractivity contribution in [3.8, 4) is 0 Å². The minimum absolute atomic E-state index is 0.206. The Hall–Kier alpha value is -0.610. The highest BCUT2D eigenvalue weighted by atomic mass is 16.5. The molecular formula is C15H29NO3. The van der Waals surface area contributed by atoms with Crippen LogP contribution in [-0.2, 0) is 14.3 Å². The molecule has 0 aromatic carbocycles. The predicted molar refractivity (Wildman–Crippen MR) is 76.1 cm³/mol. The van der Waals surface area contributed by atoms with Gasteiger partial charge < -0.3 is 9.47 Å². The van der Waals surface area contributed by atoms with Crippen molar-refractivity contribution in [2.24, 2.45) is 5.92 Å². The zero-order valence-corrected chi connectivity index (χ0v) is 13.0. The molecular weight excluding hydrogens is 242 g/mol. The van der Waals surface area contributed by atoms with Crippen LogP contribution in [0.3, 0.4) is 0 Å². The van der Waals surface area contributed by atoms with E-state index in [1.807, 2.05) is 20.8 Å². The second-order valence-corrected chi connectivity index (χ2v) is 6.33. The highest BCUT2D eigenvalue weighted by molar-refractivity contribution is 5.80. The molecule has 1 fully saturated rings. The number of esters is 1. The van der Waals surface area contributed by atoms with Crippen molar-refractivity contribution in [3.05, 3.63) is 0 Å². The van der Waals surface area contributed by atoms with Crippen LogP contribution in [0.15, 0.2) is 0 Å². The van der Waals surface area contributed by atoms with E-state index in [9.17, 15) is 4.79 Å². The third kappa shape index (κ3) is 5.11. The Labute approximate surface area is 117 Å². The molecule has 4 heteroatoms. The quantitative estimate of drug-likeness (QED) is 0.754. The summed E-state index contributed by atoms with van der Waals surface area (Å²) in [5.41, 5.74) is -0.760. The molecule has 1 aliphatic rings. The van der Waals surface area contributed by atoms with Crippen LogP contribution in [0, 0.1) is 5.92 Å². The molecule has 0 spiro atoms. The van der Waals surface area contributed by atoms with Crippen LogP contribution in [0.5, 0.6) is 0 Å². The van der Waals surface area contributed by atoms with E-state index >= 15 is 0 Å². The minimum atomic E-state index is -0.760. The Morgan fingerprint density at radius 1 is 1.42 bits per heavy atom. The molecule has 3 atom stereocenters. The third-order valence-corrected chi connectivity index (χ3v) is 3.74. The topological polar surface area (TPSA) is 47.6 Å². The van der Waals surface area contributed by atoms with E-state index in [4.69, 9.17) is 9.47 Å².